The Morgan fingerprint density at radius 3 is 2.50 bits per heavy atom. The third kappa shape index (κ3) is 2.68. The molecule has 1 aromatic heterocycles. The van der Waals surface area contributed by atoms with Gasteiger partial charge in [0.2, 0.25) is 0 Å². The number of amides is 1. The Morgan fingerprint density at radius 2 is 1.89 bits per heavy atom. The first-order chi connectivity index (χ1) is 8.68. The number of rotatable bonds is 3. The van der Waals surface area contributed by atoms with Crippen LogP contribution < -0.4 is 5.32 Å². The van der Waals surface area contributed by atoms with Crippen LogP contribution in [0.5, 0.6) is 0 Å². The predicted molar refractivity (Wildman–Crippen MR) is 61.8 cm³/mol. The molecule has 92 valence electrons. The Labute approximate surface area is 102 Å². The molecular formula is C13H10F2N2O. The molecule has 0 saturated heterocycles. The molecule has 0 atom stereocenters. The summed E-state index contributed by atoms with van der Waals surface area (Å²) in [6, 6.07) is 6.77. The molecule has 18 heavy (non-hydrogen) atoms. The summed E-state index contributed by atoms with van der Waals surface area (Å²) in [6.07, 6.45) is 3.17. The van der Waals surface area contributed by atoms with Gasteiger partial charge in [-0.3, -0.25) is 9.78 Å². The lowest BCUT2D eigenvalue weighted by atomic mass is 10.2. The van der Waals surface area contributed by atoms with E-state index < -0.39 is 23.1 Å². The average Bonchev–Trinajstić information content (AvgIpc) is 2.37. The standard InChI is InChI=1S/C13H10F2N2O/c14-10-4-1-5-11(15)12(10)13(18)17-8-9-3-2-6-16-7-9/h1-7H,8H2,(H,17,18). The van der Waals surface area contributed by atoms with E-state index in [4.69, 9.17) is 0 Å². The zero-order chi connectivity index (χ0) is 13.0. The van der Waals surface area contributed by atoms with Crippen molar-refractivity contribution in [1.29, 1.82) is 0 Å². The number of carbonyl (C=O) groups is 1. The van der Waals surface area contributed by atoms with Gasteiger partial charge in [-0.2, -0.15) is 0 Å². The topological polar surface area (TPSA) is 42.0 Å². The number of carbonyl (C=O) groups excluding carboxylic acids is 1. The molecular weight excluding hydrogens is 238 g/mol. The first kappa shape index (κ1) is 12.2. The Bertz CT molecular complexity index is 538. The summed E-state index contributed by atoms with van der Waals surface area (Å²) < 4.78 is 26.6. The molecule has 2 aromatic rings. The quantitative estimate of drug-likeness (QED) is 0.905. The number of nitrogens with zero attached hydrogens (tertiary/aromatic N) is 1. The molecule has 0 fully saturated rings. The molecule has 0 aliphatic rings. The summed E-state index contributed by atoms with van der Waals surface area (Å²) in [6.45, 7) is 0.167. The van der Waals surface area contributed by atoms with Gasteiger partial charge in [-0.15, -0.1) is 0 Å². The molecule has 1 heterocycles. The maximum atomic E-state index is 13.3. The molecule has 3 nitrogen and oxygen atoms in total. The van der Waals surface area contributed by atoms with Crippen LogP contribution in [0.1, 0.15) is 15.9 Å². The first-order valence-corrected chi connectivity index (χ1v) is 5.29. The summed E-state index contributed by atoms with van der Waals surface area (Å²) in [5.41, 5.74) is 0.184. The third-order valence-electron chi connectivity index (χ3n) is 2.37. The fourth-order valence-corrected chi connectivity index (χ4v) is 1.49. The first-order valence-electron chi connectivity index (χ1n) is 5.29. The Balaban J connectivity index is 2.09. The molecule has 0 radical (unpaired) electrons. The lowest BCUT2D eigenvalue weighted by Crippen LogP contribution is -2.25. The molecule has 0 aliphatic carbocycles. The van der Waals surface area contributed by atoms with E-state index in [1.165, 1.54) is 6.07 Å². The highest BCUT2D eigenvalue weighted by atomic mass is 19.1. The Morgan fingerprint density at radius 1 is 1.17 bits per heavy atom. The Hall–Kier alpha value is -2.30. The summed E-state index contributed by atoms with van der Waals surface area (Å²) in [5.74, 6) is -2.54. The summed E-state index contributed by atoms with van der Waals surface area (Å²) in [7, 11) is 0. The average molecular weight is 248 g/mol. The molecule has 5 heteroatoms. The van der Waals surface area contributed by atoms with E-state index >= 15 is 0 Å². The maximum Gasteiger partial charge on any atom is 0.257 e. The normalized spacial score (nSPS) is 10.1. The van der Waals surface area contributed by atoms with Crippen molar-refractivity contribution in [3.8, 4) is 0 Å². The van der Waals surface area contributed by atoms with Crippen molar-refractivity contribution in [2.24, 2.45) is 0 Å². The second-order valence-electron chi connectivity index (χ2n) is 3.64. The minimum atomic E-state index is -0.876. The van der Waals surface area contributed by atoms with Crippen LogP contribution in [0.15, 0.2) is 42.7 Å². The van der Waals surface area contributed by atoms with Gasteiger partial charge in [-0.05, 0) is 23.8 Å². The number of halogens is 2. The predicted octanol–water partition coefficient (Wildman–Crippen LogP) is 2.29. The van der Waals surface area contributed by atoms with Crippen molar-refractivity contribution in [2.45, 2.75) is 6.54 Å². The minimum absolute atomic E-state index is 0.167. The summed E-state index contributed by atoms with van der Waals surface area (Å²) >= 11 is 0. The molecule has 1 aromatic carbocycles. The van der Waals surface area contributed by atoms with Crippen molar-refractivity contribution in [2.75, 3.05) is 0 Å². The maximum absolute atomic E-state index is 13.3. The Kier molecular flexibility index (Phi) is 3.62. The van der Waals surface area contributed by atoms with E-state index in [1.54, 1.807) is 24.5 Å². The van der Waals surface area contributed by atoms with Crippen LogP contribution in [-0.2, 0) is 6.54 Å². The van der Waals surface area contributed by atoms with Gasteiger partial charge in [-0.1, -0.05) is 12.1 Å². The van der Waals surface area contributed by atoms with Gasteiger partial charge < -0.3 is 5.32 Å². The van der Waals surface area contributed by atoms with Crippen LogP contribution in [0.4, 0.5) is 8.78 Å². The van der Waals surface area contributed by atoms with E-state index in [0.29, 0.717) is 0 Å². The van der Waals surface area contributed by atoms with Crippen molar-refractivity contribution in [3.63, 3.8) is 0 Å². The largest absolute Gasteiger partial charge is 0.348 e. The second kappa shape index (κ2) is 5.35. The molecule has 0 aliphatic heterocycles. The number of aromatic nitrogens is 1. The lowest BCUT2D eigenvalue weighted by Gasteiger charge is -2.06. The molecule has 1 N–H and O–H groups in total. The van der Waals surface area contributed by atoms with Gasteiger partial charge in [0.1, 0.15) is 17.2 Å². The second-order valence-corrected chi connectivity index (χ2v) is 3.64. The highest BCUT2D eigenvalue weighted by molar-refractivity contribution is 5.94. The SMILES string of the molecule is O=C(NCc1cccnc1)c1c(F)cccc1F. The van der Waals surface area contributed by atoms with E-state index in [1.807, 2.05) is 0 Å². The van der Waals surface area contributed by atoms with Crippen LogP contribution in [0, 0.1) is 11.6 Å². The highest BCUT2D eigenvalue weighted by Gasteiger charge is 2.16. The number of benzene rings is 1. The van der Waals surface area contributed by atoms with Crippen molar-refractivity contribution < 1.29 is 13.6 Å². The highest BCUT2D eigenvalue weighted by Crippen LogP contribution is 2.11. The zero-order valence-corrected chi connectivity index (χ0v) is 9.36. The van der Waals surface area contributed by atoms with Crippen LogP contribution in [0.2, 0.25) is 0 Å². The fourth-order valence-electron chi connectivity index (χ4n) is 1.49. The van der Waals surface area contributed by atoms with Crippen molar-refractivity contribution in [1.82, 2.24) is 10.3 Å². The van der Waals surface area contributed by atoms with Crippen LogP contribution >= 0.6 is 0 Å². The monoisotopic (exact) mass is 248 g/mol. The minimum Gasteiger partial charge on any atom is -0.348 e. The van der Waals surface area contributed by atoms with Crippen molar-refractivity contribution >= 4 is 5.91 Å². The van der Waals surface area contributed by atoms with Gasteiger partial charge in [0.15, 0.2) is 0 Å². The van der Waals surface area contributed by atoms with E-state index in [0.717, 1.165) is 17.7 Å². The lowest BCUT2D eigenvalue weighted by molar-refractivity contribution is 0.0942. The van der Waals surface area contributed by atoms with Gasteiger partial charge in [0.05, 0.1) is 0 Å². The summed E-state index contributed by atoms with van der Waals surface area (Å²) in [4.78, 5) is 15.5. The number of hydrogen-bond donors (Lipinski definition) is 1. The van der Waals surface area contributed by atoms with Crippen LogP contribution in [-0.4, -0.2) is 10.9 Å². The zero-order valence-electron chi connectivity index (χ0n) is 9.36. The molecule has 1 amide bonds. The molecule has 0 saturated carbocycles. The summed E-state index contributed by atoms with van der Waals surface area (Å²) in [5, 5.41) is 2.44. The van der Waals surface area contributed by atoms with Crippen LogP contribution in [0.3, 0.4) is 0 Å². The van der Waals surface area contributed by atoms with E-state index in [-0.39, 0.29) is 6.54 Å². The fraction of sp³-hybridized carbons (Fsp3) is 0.0769. The number of nitrogens with one attached hydrogen (secondary N) is 1. The number of pyridine rings is 1. The van der Waals surface area contributed by atoms with E-state index in [9.17, 15) is 13.6 Å². The van der Waals surface area contributed by atoms with Gasteiger partial charge in [0, 0.05) is 18.9 Å². The third-order valence-corrected chi connectivity index (χ3v) is 2.37. The number of hydrogen-bond acceptors (Lipinski definition) is 2. The molecule has 0 unspecified atom stereocenters. The van der Waals surface area contributed by atoms with Crippen molar-refractivity contribution in [3.05, 3.63) is 65.5 Å². The van der Waals surface area contributed by atoms with Gasteiger partial charge >= 0.3 is 0 Å². The molecule has 0 bridgehead atoms. The smallest absolute Gasteiger partial charge is 0.257 e. The van der Waals surface area contributed by atoms with Gasteiger partial charge in [-0.25, -0.2) is 8.78 Å². The molecule has 2 rings (SSSR count). The van der Waals surface area contributed by atoms with Crippen LogP contribution in [0.25, 0.3) is 0 Å². The molecule has 0 spiro atoms. The van der Waals surface area contributed by atoms with Gasteiger partial charge in [0.25, 0.3) is 5.91 Å². The van der Waals surface area contributed by atoms with E-state index in [2.05, 4.69) is 10.3 Å².